The zero-order chi connectivity index (χ0) is 16.8. The number of carbonyl (C=O) groups is 1. The molecule has 7 heteroatoms. The van der Waals surface area contributed by atoms with Gasteiger partial charge in [0.1, 0.15) is 17.2 Å². The van der Waals surface area contributed by atoms with Crippen LogP contribution in [0.2, 0.25) is 0 Å². The molecule has 1 aromatic heterocycles. The molecule has 2 rings (SSSR count). The van der Waals surface area contributed by atoms with Crippen molar-refractivity contribution in [2.45, 2.75) is 26.8 Å². The maximum absolute atomic E-state index is 12.0. The van der Waals surface area contributed by atoms with Gasteiger partial charge in [-0.3, -0.25) is 0 Å². The van der Waals surface area contributed by atoms with E-state index in [1.807, 2.05) is 6.92 Å². The average molecular weight is 317 g/mol. The molecule has 0 amide bonds. The molecule has 0 saturated heterocycles. The van der Waals surface area contributed by atoms with Crippen LogP contribution in [-0.4, -0.2) is 32.8 Å². The molecule has 23 heavy (non-hydrogen) atoms. The van der Waals surface area contributed by atoms with Gasteiger partial charge in [0.15, 0.2) is 11.5 Å². The van der Waals surface area contributed by atoms with E-state index in [0.29, 0.717) is 23.6 Å². The van der Waals surface area contributed by atoms with Crippen LogP contribution in [0.3, 0.4) is 0 Å². The molecular weight excluding hydrogens is 298 g/mol. The van der Waals surface area contributed by atoms with E-state index >= 15 is 0 Å². The predicted octanol–water partition coefficient (Wildman–Crippen LogP) is 2.24. The second kappa shape index (κ2) is 7.44. The molecule has 1 heterocycles. The summed E-state index contributed by atoms with van der Waals surface area (Å²) in [6, 6.07) is 4.67. The monoisotopic (exact) mass is 317 g/mol. The molecule has 7 nitrogen and oxygen atoms in total. The minimum atomic E-state index is -0.516. The van der Waals surface area contributed by atoms with Crippen LogP contribution in [-0.2, 0) is 17.7 Å². The molecule has 0 aliphatic rings. The van der Waals surface area contributed by atoms with Crippen LogP contribution in [0.5, 0.6) is 11.5 Å². The van der Waals surface area contributed by atoms with Crippen molar-refractivity contribution in [1.29, 1.82) is 0 Å². The fourth-order valence-electron chi connectivity index (χ4n) is 1.98. The highest BCUT2D eigenvalue weighted by atomic mass is 16.5. The second-order valence-corrected chi connectivity index (χ2v) is 4.76. The van der Waals surface area contributed by atoms with E-state index in [2.05, 4.69) is 15.3 Å². The van der Waals surface area contributed by atoms with Crippen LogP contribution in [0, 0.1) is 0 Å². The summed E-state index contributed by atoms with van der Waals surface area (Å²) in [5, 5.41) is 22.3. The van der Waals surface area contributed by atoms with Gasteiger partial charge in [-0.2, -0.15) is 0 Å². The minimum absolute atomic E-state index is 0.187. The summed E-state index contributed by atoms with van der Waals surface area (Å²) in [6.45, 7) is 4.06. The molecule has 0 fully saturated rings. The number of hydrogen-bond donors (Lipinski definition) is 3. The maximum atomic E-state index is 12.0. The molecule has 0 aliphatic carbocycles. The van der Waals surface area contributed by atoms with E-state index in [1.54, 1.807) is 19.1 Å². The van der Waals surface area contributed by atoms with Crippen molar-refractivity contribution < 1.29 is 19.7 Å². The van der Waals surface area contributed by atoms with Crippen molar-refractivity contribution in [2.75, 3.05) is 11.9 Å². The molecule has 0 bridgehead atoms. The lowest BCUT2D eigenvalue weighted by molar-refractivity contribution is 0.0526. The SMILES string of the molecule is CCOC(=O)c1cnc(CC)nc1NCc1cccc(O)c1O. The third-order valence-electron chi connectivity index (χ3n) is 3.19. The summed E-state index contributed by atoms with van der Waals surface area (Å²) in [7, 11) is 0. The zero-order valence-corrected chi connectivity index (χ0v) is 13.0. The van der Waals surface area contributed by atoms with Gasteiger partial charge in [-0.25, -0.2) is 14.8 Å². The number of para-hydroxylation sites is 1. The quantitative estimate of drug-likeness (QED) is 0.554. The Morgan fingerprint density at radius 3 is 2.78 bits per heavy atom. The Labute approximate surface area is 134 Å². The Morgan fingerprint density at radius 2 is 2.09 bits per heavy atom. The number of phenolic OH excluding ortho intramolecular Hbond substituents is 2. The van der Waals surface area contributed by atoms with Crippen LogP contribution in [0.4, 0.5) is 5.82 Å². The number of benzene rings is 1. The standard InChI is InChI=1S/C16H19N3O4/c1-3-13-17-9-11(16(22)23-4-2)15(19-13)18-8-10-6-5-7-12(20)14(10)21/h5-7,9,20-21H,3-4,8H2,1-2H3,(H,17,18,19). The summed E-state index contributed by atoms with van der Waals surface area (Å²) in [5.41, 5.74) is 0.708. The molecule has 0 radical (unpaired) electrons. The third-order valence-corrected chi connectivity index (χ3v) is 3.19. The molecule has 2 aromatic rings. The number of aromatic nitrogens is 2. The molecule has 0 atom stereocenters. The van der Waals surface area contributed by atoms with E-state index < -0.39 is 5.97 Å². The van der Waals surface area contributed by atoms with Crippen LogP contribution >= 0.6 is 0 Å². The van der Waals surface area contributed by atoms with E-state index in [9.17, 15) is 15.0 Å². The maximum Gasteiger partial charge on any atom is 0.343 e. The highest BCUT2D eigenvalue weighted by Crippen LogP contribution is 2.28. The van der Waals surface area contributed by atoms with Crippen molar-refractivity contribution in [3.63, 3.8) is 0 Å². The molecule has 3 N–H and O–H groups in total. The number of rotatable bonds is 6. The van der Waals surface area contributed by atoms with E-state index in [-0.39, 0.29) is 30.2 Å². The molecule has 1 aromatic carbocycles. The lowest BCUT2D eigenvalue weighted by Gasteiger charge is -2.12. The lowest BCUT2D eigenvalue weighted by Crippen LogP contribution is -2.13. The van der Waals surface area contributed by atoms with Gasteiger partial charge in [-0.1, -0.05) is 19.1 Å². The number of aromatic hydroxyl groups is 2. The first-order chi connectivity index (χ1) is 11.1. The van der Waals surface area contributed by atoms with Gasteiger partial charge in [0, 0.05) is 24.7 Å². The molecule has 122 valence electrons. The number of carbonyl (C=O) groups excluding carboxylic acids is 1. The van der Waals surface area contributed by atoms with Crippen molar-refractivity contribution >= 4 is 11.8 Å². The number of phenols is 2. The van der Waals surface area contributed by atoms with Crippen LogP contribution in [0.1, 0.15) is 35.6 Å². The first-order valence-corrected chi connectivity index (χ1v) is 7.33. The topological polar surface area (TPSA) is 105 Å². The lowest BCUT2D eigenvalue weighted by atomic mass is 10.2. The van der Waals surface area contributed by atoms with Gasteiger partial charge in [0.25, 0.3) is 0 Å². The number of ether oxygens (including phenoxy) is 1. The molecular formula is C16H19N3O4. The number of nitrogens with zero attached hydrogens (tertiary/aromatic N) is 2. The number of esters is 1. The van der Waals surface area contributed by atoms with E-state index in [4.69, 9.17) is 4.74 Å². The largest absolute Gasteiger partial charge is 0.504 e. The number of nitrogens with one attached hydrogen (secondary N) is 1. The Kier molecular flexibility index (Phi) is 5.35. The van der Waals surface area contributed by atoms with Crippen molar-refractivity contribution in [3.8, 4) is 11.5 Å². The average Bonchev–Trinajstić information content (AvgIpc) is 2.56. The number of anilines is 1. The Hall–Kier alpha value is -2.83. The normalized spacial score (nSPS) is 10.3. The molecule has 0 spiro atoms. The predicted molar refractivity (Wildman–Crippen MR) is 84.5 cm³/mol. The molecule has 0 unspecified atom stereocenters. The van der Waals surface area contributed by atoms with Crippen LogP contribution in [0.25, 0.3) is 0 Å². The summed E-state index contributed by atoms with van der Waals surface area (Å²) in [4.78, 5) is 20.4. The minimum Gasteiger partial charge on any atom is -0.504 e. The van der Waals surface area contributed by atoms with Crippen LogP contribution < -0.4 is 5.32 Å². The summed E-state index contributed by atoms with van der Waals surface area (Å²) < 4.78 is 4.99. The number of aryl methyl sites for hydroxylation is 1. The Bertz CT molecular complexity index is 704. The Balaban J connectivity index is 2.26. The highest BCUT2D eigenvalue weighted by molar-refractivity contribution is 5.94. The first-order valence-electron chi connectivity index (χ1n) is 7.33. The van der Waals surface area contributed by atoms with E-state index in [0.717, 1.165) is 0 Å². The third kappa shape index (κ3) is 3.88. The molecule has 0 aliphatic heterocycles. The van der Waals surface area contributed by atoms with E-state index in [1.165, 1.54) is 12.3 Å². The van der Waals surface area contributed by atoms with Crippen molar-refractivity contribution in [3.05, 3.63) is 41.3 Å². The van der Waals surface area contributed by atoms with Gasteiger partial charge in [0.05, 0.1) is 6.61 Å². The van der Waals surface area contributed by atoms with Crippen molar-refractivity contribution in [2.24, 2.45) is 0 Å². The number of hydrogen-bond acceptors (Lipinski definition) is 7. The fraction of sp³-hybridized carbons (Fsp3) is 0.312. The zero-order valence-electron chi connectivity index (χ0n) is 13.0. The fourth-order valence-corrected chi connectivity index (χ4v) is 1.98. The molecule has 0 saturated carbocycles. The Morgan fingerprint density at radius 1 is 1.30 bits per heavy atom. The summed E-state index contributed by atoms with van der Waals surface area (Å²) in [5.74, 6) is -0.00851. The smallest absolute Gasteiger partial charge is 0.343 e. The van der Waals surface area contributed by atoms with Crippen molar-refractivity contribution in [1.82, 2.24) is 9.97 Å². The van der Waals surface area contributed by atoms with Gasteiger partial charge < -0.3 is 20.3 Å². The van der Waals surface area contributed by atoms with Gasteiger partial charge in [-0.15, -0.1) is 0 Å². The first kappa shape index (κ1) is 16.5. The van der Waals surface area contributed by atoms with Gasteiger partial charge >= 0.3 is 5.97 Å². The summed E-state index contributed by atoms with van der Waals surface area (Å²) in [6.07, 6.45) is 2.05. The van der Waals surface area contributed by atoms with Gasteiger partial charge in [0.2, 0.25) is 0 Å². The highest BCUT2D eigenvalue weighted by Gasteiger charge is 2.16. The van der Waals surface area contributed by atoms with Crippen LogP contribution in [0.15, 0.2) is 24.4 Å². The van der Waals surface area contributed by atoms with Gasteiger partial charge in [-0.05, 0) is 13.0 Å². The summed E-state index contributed by atoms with van der Waals surface area (Å²) >= 11 is 0. The second-order valence-electron chi connectivity index (χ2n) is 4.76.